The lowest BCUT2D eigenvalue weighted by atomic mass is 9.73. The van der Waals surface area contributed by atoms with Gasteiger partial charge in [0.05, 0.1) is 5.41 Å². The zero-order valence-corrected chi connectivity index (χ0v) is 12.6. The normalized spacial score (nSPS) is 17.2. The fourth-order valence-corrected chi connectivity index (χ4v) is 2.96. The summed E-state index contributed by atoms with van der Waals surface area (Å²) in [6.07, 6.45) is 1.05. The maximum Gasteiger partial charge on any atom is 0.323 e. The molecule has 0 aromatic heterocycles. The van der Waals surface area contributed by atoms with Gasteiger partial charge in [-0.2, -0.15) is 0 Å². The monoisotopic (exact) mass is 311 g/mol. The first-order chi connectivity index (χ1) is 9.95. The van der Waals surface area contributed by atoms with Gasteiger partial charge in [-0.15, -0.1) is 0 Å². The molecule has 1 aliphatic rings. The van der Waals surface area contributed by atoms with Crippen LogP contribution in [0.4, 0.5) is 0 Å². The third kappa shape index (κ3) is 3.36. The highest BCUT2D eigenvalue weighted by Crippen LogP contribution is 2.37. The van der Waals surface area contributed by atoms with Gasteiger partial charge in [0.2, 0.25) is 5.91 Å². The van der Waals surface area contributed by atoms with Crippen molar-refractivity contribution < 1.29 is 19.4 Å². The van der Waals surface area contributed by atoms with Crippen LogP contribution in [0.3, 0.4) is 0 Å². The molecule has 0 bridgehead atoms. The number of rotatable bonds is 4. The van der Waals surface area contributed by atoms with Crippen molar-refractivity contribution in [2.45, 2.75) is 18.3 Å². The Morgan fingerprint density at radius 2 is 2.05 bits per heavy atom. The number of hydrogen-bond acceptors (Lipinski definition) is 3. The molecule has 114 valence electrons. The highest BCUT2D eigenvalue weighted by atomic mass is 35.5. The molecular weight excluding hydrogens is 294 g/mol. The van der Waals surface area contributed by atoms with Gasteiger partial charge < -0.3 is 14.7 Å². The van der Waals surface area contributed by atoms with Gasteiger partial charge in [0.15, 0.2) is 0 Å². The zero-order chi connectivity index (χ0) is 15.5. The summed E-state index contributed by atoms with van der Waals surface area (Å²) >= 11 is 6.04. The molecule has 2 rings (SSSR count). The first-order valence-electron chi connectivity index (χ1n) is 6.77. The van der Waals surface area contributed by atoms with Crippen molar-refractivity contribution in [2.75, 3.05) is 26.8 Å². The lowest BCUT2D eigenvalue weighted by Gasteiger charge is -2.38. The predicted octanol–water partition coefficient (Wildman–Crippen LogP) is 1.93. The van der Waals surface area contributed by atoms with Crippen molar-refractivity contribution in [1.82, 2.24) is 4.90 Å². The summed E-state index contributed by atoms with van der Waals surface area (Å²) in [7, 11) is 1.51. The van der Waals surface area contributed by atoms with E-state index in [0.29, 0.717) is 31.1 Å². The van der Waals surface area contributed by atoms with Crippen molar-refractivity contribution in [3.63, 3.8) is 0 Å². The second-order valence-electron chi connectivity index (χ2n) is 5.26. The molecule has 1 aromatic carbocycles. The van der Waals surface area contributed by atoms with Crippen LogP contribution in [0.1, 0.15) is 18.4 Å². The van der Waals surface area contributed by atoms with Crippen LogP contribution in [0.5, 0.6) is 0 Å². The van der Waals surface area contributed by atoms with Crippen LogP contribution in [0.2, 0.25) is 5.02 Å². The Labute approximate surface area is 128 Å². The second kappa shape index (κ2) is 6.45. The fraction of sp³-hybridized carbons (Fsp3) is 0.467. The average Bonchev–Trinajstić information content (AvgIpc) is 2.46. The molecule has 0 unspecified atom stereocenters. The second-order valence-corrected chi connectivity index (χ2v) is 5.70. The lowest BCUT2D eigenvalue weighted by molar-refractivity contribution is -0.148. The number of carbonyl (C=O) groups excluding carboxylic acids is 1. The summed E-state index contributed by atoms with van der Waals surface area (Å²) in [5.41, 5.74) is 0.0633. The molecule has 1 aliphatic heterocycles. The number of nitrogens with zero attached hydrogens (tertiary/aromatic N) is 1. The number of aliphatic carboxylic acids is 1. The molecule has 1 aromatic rings. The first-order valence-corrected chi connectivity index (χ1v) is 7.15. The van der Waals surface area contributed by atoms with E-state index in [4.69, 9.17) is 21.4 Å². The fourth-order valence-electron chi connectivity index (χ4n) is 2.77. The maximum absolute atomic E-state index is 12.8. The maximum atomic E-state index is 12.8. The summed E-state index contributed by atoms with van der Waals surface area (Å²) in [5.74, 6) is -1.23. The zero-order valence-electron chi connectivity index (χ0n) is 11.8. The number of carboxylic acid groups (broad SMARTS) is 1. The highest BCUT2D eigenvalue weighted by Gasteiger charge is 2.43. The van der Waals surface area contributed by atoms with Crippen LogP contribution in [0.25, 0.3) is 0 Å². The molecule has 1 heterocycles. The number of benzene rings is 1. The van der Waals surface area contributed by atoms with E-state index in [9.17, 15) is 9.59 Å². The topological polar surface area (TPSA) is 66.8 Å². The van der Waals surface area contributed by atoms with Crippen molar-refractivity contribution in [2.24, 2.45) is 0 Å². The SMILES string of the molecule is CN(CC(=O)O)C(=O)C1(c2cccc(Cl)c2)CCOCC1. The van der Waals surface area contributed by atoms with Crippen LogP contribution < -0.4 is 0 Å². The number of ether oxygens (including phenoxy) is 1. The third-order valence-electron chi connectivity index (χ3n) is 3.85. The number of halogens is 1. The van der Waals surface area contributed by atoms with Gasteiger partial charge in [-0.25, -0.2) is 0 Å². The summed E-state index contributed by atoms with van der Waals surface area (Å²) in [5, 5.41) is 9.45. The third-order valence-corrected chi connectivity index (χ3v) is 4.09. The van der Waals surface area contributed by atoms with E-state index < -0.39 is 11.4 Å². The summed E-state index contributed by atoms with van der Waals surface area (Å²) in [6, 6.07) is 7.20. The molecular formula is C15H18ClNO4. The molecule has 6 heteroatoms. The minimum atomic E-state index is -1.03. The number of hydrogen-bond donors (Lipinski definition) is 1. The van der Waals surface area contributed by atoms with E-state index in [-0.39, 0.29) is 12.5 Å². The Morgan fingerprint density at radius 1 is 1.38 bits per heavy atom. The molecule has 0 radical (unpaired) electrons. The van der Waals surface area contributed by atoms with Crippen molar-refractivity contribution in [1.29, 1.82) is 0 Å². The number of likely N-dealkylation sites (N-methyl/N-ethyl adjacent to an activating group) is 1. The molecule has 0 aliphatic carbocycles. The van der Waals surface area contributed by atoms with Crippen LogP contribution in [-0.4, -0.2) is 48.7 Å². The largest absolute Gasteiger partial charge is 0.480 e. The first kappa shape index (κ1) is 15.8. The van der Waals surface area contributed by atoms with Gasteiger partial charge >= 0.3 is 5.97 Å². The van der Waals surface area contributed by atoms with Gasteiger partial charge in [-0.1, -0.05) is 23.7 Å². The summed E-state index contributed by atoms with van der Waals surface area (Å²) in [6.45, 7) is 0.625. The number of carboxylic acids is 1. The molecule has 0 saturated carbocycles. The van der Waals surface area contributed by atoms with E-state index in [1.165, 1.54) is 11.9 Å². The molecule has 0 atom stereocenters. The molecule has 0 spiro atoms. The van der Waals surface area contributed by atoms with Crippen molar-refractivity contribution in [3.05, 3.63) is 34.9 Å². The van der Waals surface area contributed by atoms with Gasteiger partial charge in [-0.3, -0.25) is 9.59 Å². The van der Waals surface area contributed by atoms with Crippen molar-refractivity contribution in [3.8, 4) is 0 Å². The Bertz CT molecular complexity index is 540. The smallest absolute Gasteiger partial charge is 0.323 e. The Morgan fingerprint density at radius 3 is 2.62 bits per heavy atom. The van der Waals surface area contributed by atoms with Crippen LogP contribution >= 0.6 is 11.6 Å². The van der Waals surface area contributed by atoms with Crippen LogP contribution in [0, 0.1) is 0 Å². The minimum Gasteiger partial charge on any atom is -0.480 e. The average molecular weight is 312 g/mol. The molecule has 21 heavy (non-hydrogen) atoms. The lowest BCUT2D eigenvalue weighted by Crippen LogP contribution is -2.49. The molecule has 5 nitrogen and oxygen atoms in total. The summed E-state index contributed by atoms with van der Waals surface area (Å²) < 4.78 is 5.37. The summed E-state index contributed by atoms with van der Waals surface area (Å²) in [4.78, 5) is 24.9. The van der Waals surface area contributed by atoms with E-state index in [1.54, 1.807) is 18.2 Å². The predicted molar refractivity (Wildman–Crippen MR) is 78.5 cm³/mol. The quantitative estimate of drug-likeness (QED) is 0.922. The molecule has 1 N–H and O–H groups in total. The number of carbonyl (C=O) groups is 2. The Hall–Kier alpha value is -1.59. The van der Waals surface area contributed by atoms with E-state index in [2.05, 4.69) is 0 Å². The van der Waals surface area contributed by atoms with Gasteiger partial charge in [0.1, 0.15) is 6.54 Å². The van der Waals surface area contributed by atoms with Crippen LogP contribution in [-0.2, 0) is 19.7 Å². The highest BCUT2D eigenvalue weighted by molar-refractivity contribution is 6.30. The van der Waals surface area contributed by atoms with E-state index >= 15 is 0 Å². The van der Waals surface area contributed by atoms with Crippen molar-refractivity contribution >= 4 is 23.5 Å². The molecule has 1 amide bonds. The van der Waals surface area contributed by atoms with Gasteiger partial charge in [0.25, 0.3) is 0 Å². The molecule has 1 saturated heterocycles. The minimum absolute atomic E-state index is 0.199. The number of amides is 1. The van der Waals surface area contributed by atoms with Crippen LogP contribution in [0.15, 0.2) is 24.3 Å². The Kier molecular flexibility index (Phi) is 4.85. The van der Waals surface area contributed by atoms with Gasteiger partial charge in [0, 0.05) is 25.3 Å². The molecule has 1 fully saturated rings. The van der Waals surface area contributed by atoms with E-state index in [1.807, 2.05) is 6.07 Å². The standard InChI is InChI=1S/C15H18ClNO4/c1-17(10-13(18)19)14(20)15(5-7-21-8-6-15)11-3-2-4-12(16)9-11/h2-4,9H,5-8,10H2,1H3,(H,18,19). The van der Waals surface area contributed by atoms with E-state index in [0.717, 1.165) is 5.56 Å². The Balaban J connectivity index is 2.37. The van der Waals surface area contributed by atoms with Gasteiger partial charge in [-0.05, 0) is 30.5 Å².